The van der Waals surface area contributed by atoms with Crippen molar-refractivity contribution in [3.8, 4) is 11.5 Å². The molecule has 3 fully saturated rings. The summed E-state index contributed by atoms with van der Waals surface area (Å²) < 4.78 is 17.6. The average molecular weight is 404 g/mol. The Hall–Kier alpha value is -1.79. The number of carbonyl (C=O) groups is 1. The van der Waals surface area contributed by atoms with Gasteiger partial charge in [0.05, 0.1) is 26.9 Å². The Morgan fingerprint density at radius 2 is 2.10 bits per heavy atom. The predicted molar refractivity (Wildman–Crippen MR) is 109 cm³/mol. The largest absolute Gasteiger partial charge is 0.493 e. The maximum atomic E-state index is 12.4. The van der Waals surface area contributed by atoms with Crippen LogP contribution in [-0.4, -0.2) is 44.5 Å². The van der Waals surface area contributed by atoms with Crippen molar-refractivity contribution >= 4 is 5.91 Å². The van der Waals surface area contributed by atoms with E-state index in [9.17, 15) is 9.90 Å². The van der Waals surface area contributed by atoms with E-state index in [0.29, 0.717) is 24.2 Å². The Kier molecular flexibility index (Phi) is 5.28. The summed E-state index contributed by atoms with van der Waals surface area (Å²) in [6, 6.07) is 6.05. The topological polar surface area (TPSA) is 77.0 Å². The third-order valence-electron chi connectivity index (χ3n) is 7.89. The van der Waals surface area contributed by atoms with Gasteiger partial charge in [-0.3, -0.25) is 4.79 Å². The van der Waals surface area contributed by atoms with Crippen LogP contribution in [0.5, 0.6) is 11.5 Å². The van der Waals surface area contributed by atoms with E-state index in [2.05, 4.69) is 25.2 Å². The second-order valence-corrected chi connectivity index (χ2v) is 9.40. The summed E-state index contributed by atoms with van der Waals surface area (Å²) in [4.78, 5) is 12.4. The first-order chi connectivity index (χ1) is 13.9. The van der Waals surface area contributed by atoms with Crippen LogP contribution in [0.4, 0.5) is 0 Å². The third kappa shape index (κ3) is 3.03. The maximum Gasteiger partial charge on any atom is 0.222 e. The van der Waals surface area contributed by atoms with Gasteiger partial charge < -0.3 is 24.6 Å². The molecular formula is C23H33NO5. The van der Waals surface area contributed by atoms with Crippen LogP contribution in [0.25, 0.3) is 0 Å². The number of ether oxygens (including phenoxy) is 3. The molecule has 0 aromatic heterocycles. The molecule has 6 heteroatoms. The number of aliphatic hydroxyl groups excluding tert-OH is 1. The van der Waals surface area contributed by atoms with Crippen molar-refractivity contribution in [2.75, 3.05) is 27.4 Å². The number of amides is 1. The number of para-hydroxylation sites is 1. The predicted octanol–water partition coefficient (Wildman–Crippen LogP) is 3.08. The van der Waals surface area contributed by atoms with Gasteiger partial charge in [0, 0.05) is 24.6 Å². The molecule has 1 aromatic rings. The number of aliphatic hydroxyl groups is 1. The highest BCUT2D eigenvalue weighted by Gasteiger charge is 2.68. The van der Waals surface area contributed by atoms with Crippen molar-refractivity contribution in [1.29, 1.82) is 0 Å². The van der Waals surface area contributed by atoms with E-state index in [4.69, 9.17) is 14.2 Å². The third-order valence-corrected chi connectivity index (χ3v) is 7.89. The second kappa shape index (κ2) is 7.47. The van der Waals surface area contributed by atoms with Crippen molar-refractivity contribution in [1.82, 2.24) is 5.32 Å². The standard InChI is InChI=1S/C23H33NO5/c1-22(2)14-12-16-19(15-6-5-7-17(27-3)20(15)28-4)29-11-9-23(16,13-14)21(22)24-18(26)8-10-25/h5-7,14,16,19,21,25H,8-13H2,1-4H3,(H,24,26)/t14-,16-,19-,21+,23?/m1/s1. The van der Waals surface area contributed by atoms with Crippen molar-refractivity contribution in [3.63, 3.8) is 0 Å². The highest BCUT2D eigenvalue weighted by molar-refractivity contribution is 5.76. The van der Waals surface area contributed by atoms with Crippen LogP contribution < -0.4 is 14.8 Å². The molecule has 1 spiro atoms. The van der Waals surface area contributed by atoms with E-state index >= 15 is 0 Å². The summed E-state index contributed by atoms with van der Waals surface area (Å²) in [5.74, 6) is 2.24. The quantitative estimate of drug-likeness (QED) is 0.763. The molecule has 3 aliphatic rings. The Labute approximate surface area is 172 Å². The van der Waals surface area contributed by atoms with Gasteiger partial charge in [0.2, 0.25) is 5.91 Å². The van der Waals surface area contributed by atoms with Crippen molar-refractivity contribution < 1.29 is 24.1 Å². The van der Waals surface area contributed by atoms with E-state index in [0.717, 1.165) is 30.6 Å². The van der Waals surface area contributed by atoms with Crippen LogP contribution >= 0.6 is 0 Å². The molecule has 4 rings (SSSR count). The number of hydrogen-bond donors (Lipinski definition) is 2. The number of benzene rings is 1. The molecule has 2 aliphatic carbocycles. The van der Waals surface area contributed by atoms with Gasteiger partial charge in [-0.15, -0.1) is 0 Å². The molecule has 1 aromatic carbocycles. The van der Waals surface area contributed by atoms with Gasteiger partial charge in [0.15, 0.2) is 11.5 Å². The lowest BCUT2D eigenvalue weighted by Gasteiger charge is -2.53. The summed E-state index contributed by atoms with van der Waals surface area (Å²) in [6.45, 7) is 5.11. The molecule has 0 radical (unpaired) electrons. The molecule has 1 aliphatic heterocycles. The summed E-state index contributed by atoms with van der Waals surface area (Å²) >= 11 is 0. The van der Waals surface area contributed by atoms with E-state index in [1.807, 2.05) is 12.1 Å². The molecule has 160 valence electrons. The van der Waals surface area contributed by atoms with Gasteiger partial charge in [-0.2, -0.15) is 0 Å². The first kappa shape index (κ1) is 20.5. The minimum absolute atomic E-state index is 0.0102. The number of methoxy groups -OCH3 is 2. The van der Waals surface area contributed by atoms with Crippen LogP contribution in [0, 0.1) is 22.7 Å². The summed E-state index contributed by atoms with van der Waals surface area (Å²) in [5.41, 5.74) is 1.07. The normalized spacial score (nSPS) is 34.5. The fraction of sp³-hybridized carbons (Fsp3) is 0.696. The van der Waals surface area contributed by atoms with Gasteiger partial charge in [-0.1, -0.05) is 26.0 Å². The number of rotatable bonds is 6. The molecule has 5 atom stereocenters. The fourth-order valence-corrected chi connectivity index (χ4v) is 6.57. The Morgan fingerprint density at radius 3 is 2.79 bits per heavy atom. The van der Waals surface area contributed by atoms with E-state index in [-0.39, 0.29) is 41.9 Å². The molecule has 1 heterocycles. The Bertz CT molecular complexity index is 779. The zero-order valence-electron chi connectivity index (χ0n) is 17.9. The van der Waals surface area contributed by atoms with E-state index in [1.165, 1.54) is 0 Å². The number of nitrogens with one attached hydrogen (secondary N) is 1. The molecule has 1 amide bonds. The van der Waals surface area contributed by atoms with Crippen LogP contribution in [0.3, 0.4) is 0 Å². The van der Waals surface area contributed by atoms with E-state index < -0.39 is 0 Å². The zero-order chi connectivity index (χ0) is 20.8. The monoisotopic (exact) mass is 403 g/mol. The molecule has 1 saturated heterocycles. The van der Waals surface area contributed by atoms with Crippen LogP contribution in [0.2, 0.25) is 0 Å². The second-order valence-electron chi connectivity index (χ2n) is 9.40. The lowest BCUT2D eigenvalue weighted by molar-refractivity contribution is -0.138. The Balaban J connectivity index is 1.71. The highest BCUT2D eigenvalue weighted by Crippen LogP contribution is 2.71. The molecule has 2 bridgehead atoms. The molecule has 2 saturated carbocycles. The van der Waals surface area contributed by atoms with Crippen molar-refractivity contribution in [2.45, 2.75) is 51.7 Å². The lowest BCUT2D eigenvalue weighted by atomic mass is 9.58. The van der Waals surface area contributed by atoms with Crippen LogP contribution in [-0.2, 0) is 9.53 Å². The first-order valence-corrected chi connectivity index (χ1v) is 10.6. The summed E-state index contributed by atoms with van der Waals surface area (Å²) in [7, 11) is 3.32. The maximum absolute atomic E-state index is 12.4. The average Bonchev–Trinajstić information content (AvgIpc) is 3.20. The van der Waals surface area contributed by atoms with Gasteiger partial charge in [-0.05, 0) is 48.0 Å². The molecule has 2 N–H and O–H groups in total. The minimum Gasteiger partial charge on any atom is -0.493 e. The summed E-state index contributed by atoms with van der Waals surface area (Å²) in [6.07, 6.45) is 3.23. The number of hydrogen-bond acceptors (Lipinski definition) is 5. The van der Waals surface area contributed by atoms with Crippen LogP contribution in [0.15, 0.2) is 18.2 Å². The van der Waals surface area contributed by atoms with Crippen molar-refractivity contribution in [2.24, 2.45) is 22.7 Å². The summed E-state index contributed by atoms with van der Waals surface area (Å²) in [5, 5.41) is 12.5. The lowest BCUT2D eigenvalue weighted by Crippen LogP contribution is -2.59. The van der Waals surface area contributed by atoms with Gasteiger partial charge in [-0.25, -0.2) is 0 Å². The SMILES string of the molecule is COc1cccc([C@H]2OCCC34C[C@@H](C[C@H]23)C(C)(C)[C@@H]4NC(=O)CCO)c1OC. The van der Waals surface area contributed by atoms with Crippen LogP contribution in [0.1, 0.15) is 51.2 Å². The smallest absolute Gasteiger partial charge is 0.222 e. The highest BCUT2D eigenvalue weighted by atomic mass is 16.5. The van der Waals surface area contributed by atoms with Gasteiger partial charge in [0.25, 0.3) is 0 Å². The molecule has 6 nitrogen and oxygen atoms in total. The number of fused-ring (bicyclic) bond motifs is 1. The number of carbonyl (C=O) groups excluding carboxylic acids is 1. The van der Waals surface area contributed by atoms with E-state index in [1.54, 1.807) is 14.2 Å². The fourth-order valence-electron chi connectivity index (χ4n) is 6.57. The van der Waals surface area contributed by atoms with Gasteiger partial charge >= 0.3 is 0 Å². The zero-order valence-corrected chi connectivity index (χ0v) is 17.9. The molecular weight excluding hydrogens is 370 g/mol. The molecule has 29 heavy (non-hydrogen) atoms. The first-order valence-electron chi connectivity index (χ1n) is 10.6. The minimum atomic E-state index is -0.119. The van der Waals surface area contributed by atoms with Crippen molar-refractivity contribution in [3.05, 3.63) is 23.8 Å². The Morgan fingerprint density at radius 1 is 1.31 bits per heavy atom. The van der Waals surface area contributed by atoms with Gasteiger partial charge in [0.1, 0.15) is 0 Å². The molecule has 1 unspecified atom stereocenters.